The zero-order valence-electron chi connectivity index (χ0n) is 26.7. The molecule has 0 saturated carbocycles. The molecule has 1 fully saturated rings. The van der Waals surface area contributed by atoms with Crippen molar-refractivity contribution in [3.63, 3.8) is 0 Å². The Balaban J connectivity index is 1.87. The van der Waals surface area contributed by atoms with E-state index in [9.17, 15) is 33.9 Å². The lowest BCUT2D eigenvalue weighted by atomic mass is 10.00. The summed E-state index contributed by atoms with van der Waals surface area (Å²) in [6.07, 6.45) is 2.12. The topological polar surface area (TPSA) is 224 Å². The molecule has 252 valence electrons. The van der Waals surface area contributed by atoms with Crippen molar-refractivity contribution in [1.29, 1.82) is 0 Å². The van der Waals surface area contributed by atoms with E-state index in [-0.39, 0.29) is 37.0 Å². The molecule has 0 spiro atoms. The fraction of sp³-hybridized carbons (Fsp3) is 0.562. The zero-order valence-corrected chi connectivity index (χ0v) is 26.7. The summed E-state index contributed by atoms with van der Waals surface area (Å²) < 4.78 is 0. The predicted molar refractivity (Wildman–Crippen MR) is 169 cm³/mol. The van der Waals surface area contributed by atoms with Crippen molar-refractivity contribution in [1.82, 2.24) is 25.8 Å². The molecule has 2 heterocycles. The number of benzene rings is 1. The number of rotatable bonds is 16. The number of fused-ring (bicyclic) bond motifs is 1. The Hall–Kier alpha value is -4.46. The molecule has 0 radical (unpaired) electrons. The summed E-state index contributed by atoms with van der Waals surface area (Å²) >= 11 is 0. The van der Waals surface area contributed by atoms with Crippen LogP contribution >= 0.6 is 0 Å². The predicted octanol–water partition coefficient (Wildman–Crippen LogP) is 1.13. The molecule has 1 aromatic heterocycles. The second-order valence-electron chi connectivity index (χ2n) is 12.6. The molecule has 4 amide bonds. The number of nitrogens with one attached hydrogen (secondary N) is 4. The molecule has 1 aromatic carbocycles. The summed E-state index contributed by atoms with van der Waals surface area (Å²) in [4.78, 5) is 81.3. The number of carboxylic acid groups (broad SMARTS) is 2. The molecule has 14 nitrogen and oxygen atoms in total. The van der Waals surface area contributed by atoms with E-state index in [1.165, 1.54) is 4.90 Å². The fourth-order valence-electron chi connectivity index (χ4n) is 5.55. The van der Waals surface area contributed by atoms with Gasteiger partial charge in [-0.3, -0.25) is 24.0 Å². The quantitative estimate of drug-likeness (QED) is 0.139. The van der Waals surface area contributed by atoms with Crippen LogP contribution in [0.5, 0.6) is 0 Å². The Kier molecular flexibility index (Phi) is 12.7. The van der Waals surface area contributed by atoms with E-state index in [0.29, 0.717) is 19.4 Å². The number of aliphatic carboxylic acids is 2. The molecule has 1 saturated heterocycles. The Labute approximate surface area is 267 Å². The maximum absolute atomic E-state index is 13.9. The van der Waals surface area contributed by atoms with Gasteiger partial charge in [-0.15, -0.1) is 0 Å². The molecular weight excluding hydrogens is 596 g/mol. The highest BCUT2D eigenvalue weighted by atomic mass is 16.4. The first-order chi connectivity index (χ1) is 21.7. The second-order valence-corrected chi connectivity index (χ2v) is 12.6. The number of para-hydroxylation sites is 1. The maximum Gasteiger partial charge on any atom is 0.326 e. The number of carbonyl (C=O) groups is 6. The molecular formula is C32H46N6O8. The third-order valence-corrected chi connectivity index (χ3v) is 8.18. The lowest BCUT2D eigenvalue weighted by molar-refractivity contribution is -0.143. The summed E-state index contributed by atoms with van der Waals surface area (Å²) in [7, 11) is 0. The smallest absolute Gasteiger partial charge is 0.326 e. The number of carboxylic acids is 2. The van der Waals surface area contributed by atoms with Crippen LogP contribution in [0.15, 0.2) is 30.5 Å². The van der Waals surface area contributed by atoms with Gasteiger partial charge in [-0.2, -0.15) is 0 Å². The van der Waals surface area contributed by atoms with Crippen LogP contribution in [0, 0.1) is 11.8 Å². The minimum atomic E-state index is -1.47. The number of nitrogens with zero attached hydrogens (tertiary/aromatic N) is 1. The summed E-state index contributed by atoms with van der Waals surface area (Å²) in [5.41, 5.74) is 7.68. The summed E-state index contributed by atoms with van der Waals surface area (Å²) in [6, 6.07) is 2.05. The number of likely N-dealkylation sites (tertiary alicyclic amines) is 1. The van der Waals surface area contributed by atoms with Gasteiger partial charge in [-0.25, -0.2) is 4.79 Å². The number of hydrogen-bond donors (Lipinski definition) is 7. The van der Waals surface area contributed by atoms with Crippen LogP contribution in [0.25, 0.3) is 10.9 Å². The monoisotopic (exact) mass is 642 g/mol. The van der Waals surface area contributed by atoms with Crippen LogP contribution in [0.4, 0.5) is 0 Å². The average Bonchev–Trinajstić information content (AvgIpc) is 3.65. The summed E-state index contributed by atoms with van der Waals surface area (Å²) in [5.74, 6) is -5.16. The Morgan fingerprint density at radius 3 is 2.24 bits per heavy atom. The molecule has 0 unspecified atom stereocenters. The van der Waals surface area contributed by atoms with Crippen LogP contribution in [0.2, 0.25) is 0 Å². The van der Waals surface area contributed by atoms with Gasteiger partial charge in [-0.1, -0.05) is 45.9 Å². The minimum Gasteiger partial charge on any atom is -0.481 e. The van der Waals surface area contributed by atoms with Crippen LogP contribution in [0.1, 0.15) is 65.4 Å². The van der Waals surface area contributed by atoms with E-state index in [4.69, 9.17) is 10.8 Å². The number of hydrogen-bond acceptors (Lipinski definition) is 7. The van der Waals surface area contributed by atoms with Crippen molar-refractivity contribution in [2.75, 3.05) is 6.54 Å². The normalized spacial score (nSPS) is 17.4. The number of H-pyrrole nitrogens is 1. The summed E-state index contributed by atoms with van der Waals surface area (Å²) in [6.45, 7) is 7.65. The Morgan fingerprint density at radius 2 is 1.61 bits per heavy atom. The summed E-state index contributed by atoms with van der Waals surface area (Å²) in [5, 5.41) is 27.2. The minimum absolute atomic E-state index is 0.0557. The van der Waals surface area contributed by atoms with E-state index >= 15 is 0 Å². The first-order valence-corrected chi connectivity index (χ1v) is 15.7. The molecule has 2 aromatic rings. The van der Waals surface area contributed by atoms with E-state index in [1.807, 2.05) is 52.0 Å². The van der Waals surface area contributed by atoms with E-state index in [1.54, 1.807) is 6.20 Å². The largest absolute Gasteiger partial charge is 0.481 e. The second kappa shape index (κ2) is 16.2. The van der Waals surface area contributed by atoms with Crippen LogP contribution in [-0.4, -0.2) is 92.4 Å². The van der Waals surface area contributed by atoms with E-state index < -0.39 is 66.3 Å². The standard InChI is InChI=1S/C32H46N6O8/c1-17(2)14-23(28(41)35-22(32(45)46)11-12-26(39)40)36-29(42)24(15-19-16-34-21-9-6-5-8-20(19)21)37-30(43)25-10-7-13-38(25)31(44)27(33)18(3)4/h5-6,8-9,16-18,22-25,27,34H,7,10-15,33H2,1-4H3,(H,35,41)(H,36,42)(H,37,43)(H,39,40)(H,45,46)/t22-,23-,24-,25-,27-/m0/s1. The van der Waals surface area contributed by atoms with Gasteiger partial charge in [0.1, 0.15) is 24.2 Å². The van der Waals surface area contributed by atoms with Gasteiger partial charge in [0.15, 0.2) is 0 Å². The highest BCUT2D eigenvalue weighted by molar-refractivity contribution is 5.96. The first-order valence-electron chi connectivity index (χ1n) is 15.7. The van der Waals surface area contributed by atoms with Gasteiger partial charge in [0.05, 0.1) is 6.04 Å². The molecule has 1 aliphatic rings. The highest BCUT2D eigenvalue weighted by Gasteiger charge is 2.39. The molecule has 1 aliphatic heterocycles. The van der Waals surface area contributed by atoms with E-state index in [0.717, 1.165) is 16.5 Å². The SMILES string of the molecule is CC(C)C[C@H](NC(=O)[C@H](Cc1c[nH]c2ccccc12)NC(=O)[C@@H]1CCCN1C(=O)[C@@H](N)C(C)C)C(=O)N[C@@H](CCC(=O)O)C(=O)O. The fourth-order valence-corrected chi connectivity index (χ4v) is 5.55. The molecule has 0 aliphatic carbocycles. The van der Waals surface area contributed by atoms with Gasteiger partial charge >= 0.3 is 11.9 Å². The molecule has 5 atom stereocenters. The number of amides is 4. The number of carbonyl (C=O) groups excluding carboxylic acids is 4. The van der Waals surface area contributed by atoms with Crippen molar-refractivity contribution >= 4 is 46.5 Å². The van der Waals surface area contributed by atoms with Gasteiger partial charge in [-0.05, 0) is 49.1 Å². The Morgan fingerprint density at radius 1 is 0.957 bits per heavy atom. The lowest BCUT2D eigenvalue weighted by Gasteiger charge is -2.30. The highest BCUT2D eigenvalue weighted by Crippen LogP contribution is 2.22. The van der Waals surface area contributed by atoms with Crippen molar-refractivity contribution < 1.29 is 39.0 Å². The van der Waals surface area contributed by atoms with Gasteiger partial charge < -0.3 is 41.8 Å². The van der Waals surface area contributed by atoms with Gasteiger partial charge in [0.25, 0.3) is 0 Å². The van der Waals surface area contributed by atoms with Crippen LogP contribution < -0.4 is 21.7 Å². The zero-order chi connectivity index (χ0) is 34.1. The number of aromatic amines is 1. The molecule has 46 heavy (non-hydrogen) atoms. The number of nitrogens with two attached hydrogens (primary N) is 1. The number of aromatic nitrogens is 1. The van der Waals surface area contributed by atoms with Crippen molar-refractivity contribution in [2.45, 2.75) is 96.4 Å². The van der Waals surface area contributed by atoms with Crippen LogP contribution in [-0.2, 0) is 35.2 Å². The molecule has 8 N–H and O–H groups in total. The average molecular weight is 643 g/mol. The van der Waals surface area contributed by atoms with E-state index in [2.05, 4.69) is 20.9 Å². The van der Waals surface area contributed by atoms with Crippen molar-refractivity contribution in [2.24, 2.45) is 17.6 Å². The Bertz CT molecular complexity index is 1420. The maximum atomic E-state index is 13.9. The molecule has 14 heteroatoms. The van der Waals surface area contributed by atoms with Gasteiger partial charge in [0.2, 0.25) is 23.6 Å². The third kappa shape index (κ3) is 9.52. The molecule has 0 bridgehead atoms. The first kappa shape index (κ1) is 36.0. The lowest BCUT2D eigenvalue weighted by Crippen LogP contribution is -2.59. The van der Waals surface area contributed by atoms with Crippen molar-refractivity contribution in [3.8, 4) is 0 Å². The molecule has 3 rings (SSSR count). The third-order valence-electron chi connectivity index (χ3n) is 8.18. The van der Waals surface area contributed by atoms with Crippen LogP contribution in [0.3, 0.4) is 0 Å². The van der Waals surface area contributed by atoms with Crippen molar-refractivity contribution in [3.05, 3.63) is 36.0 Å². The van der Waals surface area contributed by atoms with Gasteiger partial charge in [0, 0.05) is 36.5 Å².